The summed E-state index contributed by atoms with van der Waals surface area (Å²) < 4.78 is 15.7. The van der Waals surface area contributed by atoms with Crippen LogP contribution in [0, 0.1) is 0 Å². The Morgan fingerprint density at radius 3 is 2.52 bits per heavy atom. The normalized spacial score (nSPS) is 16.6. The van der Waals surface area contributed by atoms with Gasteiger partial charge in [0.1, 0.15) is 6.42 Å². The van der Waals surface area contributed by atoms with Gasteiger partial charge in [0.05, 0.1) is 19.8 Å². The molecule has 1 atom stereocenters. The Hall–Kier alpha value is -1.72. The minimum atomic E-state index is -0.489. The van der Waals surface area contributed by atoms with Crippen molar-refractivity contribution in [3.8, 4) is 0 Å². The summed E-state index contributed by atoms with van der Waals surface area (Å²) in [5.41, 5.74) is 0.867. The predicted octanol–water partition coefficient (Wildman–Crippen LogP) is 2.06. The fourth-order valence-corrected chi connectivity index (χ4v) is 2.35. The first kappa shape index (κ1) is 15.7. The van der Waals surface area contributed by atoms with Crippen molar-refractivity contribution in [2.75, 3.05) is 19.8 Å². The van der Waals surface area contributed by atoms with Gasteiger partial charge in [-0.2, -0.15) is 0 Å². The van der Waals surface area contributed by atoms with Crippen molar-refractivity contribution in [1.82, 2.24) is 0 Å². The summed E-state index contributed by atoms with van der Waals surface area (Å²) in [5, 5.41) is 0. The lowest BCUT2D eigenvalue weighted by Crippen LogP contribution is -2.23. The van der Waals surface area contributed by atoms with Gasteiger partial charge in [-0.25, -0.2) is 0 Å². The minimum absolute atomic E-state index is 0.168. The summed E-state index contributed by atoms with van der Waals surface area (Å²) >= 11 is 0. The molecule has 0 amide bonds. The molecule has 0 radical (unpaired) electrons. The van der Waals surface area contributed by atoms with E-state index in [1.54, 1.807) is 6.92 Å². The lowest BCUT2D eigenvalue weighted by Gasteiger charge is -2.19. The van der Waals surface area contributed by atoms with Crippen LogP contribution >= 0.6 is 0 Å². The smallest absolute Gasteiger partial charge is 0.313 e. The van der Waals surface area contributed by atoms with Crippen LogP contribution in [0.25, 0.3) is 0 Å². The first-order valence-electron chi connectivity index (χ1n) is 7.17. The van der Waals surface area contributed by atoms with E-state index in [-0.39, 0.29) is 25.1 Å². The third-order valence-corrected chi connectivity index (χ3v) is 3.33. The highest BCUT2D eigenvalue weighted by Crippen LogP contribution is 2.26. The van der Waals surface area contributed by atoms with E-state index >= 15 is 0 Å². The number of hydrogen-bond acceptors (Lipinski definition) is 5. The largest absolute Gasteiger partial charge is 0.466 e. The molecule has 0 spiro atoms. The number of ketones is 1. The molecule has 21 heavy (non-hydrogen) atoms. The number of ether oxygens (including phenoxy) is 3. The molecular weight excluding hydrogens is 272 g/mol. The van der Waals surface area contributed by atoms with Gasteiger partial charge in [-0.05, 0) is 12.5 Å². The molecule has 1 aromatic carbocycles. The second kappa shape index (κ2) is 7.90. The lowest BCUT2D eigenvalue weighted by atomic mass is 9.90. The Kier molecular flexibility index (Phi) is 5.90. The molecule has 1 saturated heterocycles. The molecule has 5 nitrogen and oxygen atoms in total. The van der Waals surface area contributed by atoms with Crippen LogP contribution < -0.4 is 0 Å². The molecule has 0 aliphatic carbocycles. The zero-order valence-electron chi connectivity index (χ0n) is 12.1. The van der Waals surface area contributed by atoms with Crippen LogP contribution in [0.2, 0.25) is 0 Å². The molecule has 0 saturated carbocycles. The van der Waals surface area contributed by atoms with Gasteiger partial charge in [-0.1, -0.05) is 30.3 Å². The number of esters is 1. The molecule has 5 heteroatoms. The molecule has 1 aliphatic rings. The highest BCUT2D eigenvalue weighted by atomic mass is 16.7. The maximum Gasteiger partial charge on any atom is 0.313 e. The van der Waals surface area contributed by atoms with Crippen molar-refractivity contribution >= 4 is 11.8 Å². The molecule has 114 valence electrons. The minimum Gasteiger partial charge on any atom is -0.466 e. The Morgan fingerprint density at radius 2 is 1.90 bits per heavy atom. The van der Waals surface area contributed by atoms with Crippen molar-refractivity contribution in [3.63, 3.8) is 0 Å². The van der Waals surface area contributed by atoms with Crippen LogP contribution in [0.15, 0.2) is 30.3 Å². The van der Waals surface area contributed by atoms with Crippen LogP contribution in [0.4, 0.5) is 0 Å². The zero-order valence-corrected chi connectivity index (χ0v) is 12.1. The molecule has 1 unspecified atom stereocenters. The molecule has 0 bridgehead atoms. The molecule has 0 N–H and O–H groups in total. The summed E-state index contributed by atoms with van der Waals surface area (Å²) in [4.78, 5) is 23.9. The Balaban J connectivity index is 2.07. The first-order chi connectivity index (χ1) is 10.2. The van der Waals surface area contributed by atoms with E-state index in [0.717, 1.165) is 5.56 Å². The number of hydrogen-bond donors (Lipinski definition) is 0. The predicted molar refractivity (Wildman–Crippen MR) is 75.7 cm³/mol. The van der Waals surface area contributed by atoms with Crippen LogP contribution in [0.1, 0.15) is 31.2 Å². The van der Waals surface area contributed by atoms with Crippen LogP contribution in [-0.2, 0) is 23.8 Å². The highest BCUT2D eigenvalue weighted by molar-refractivity contribution is 5.99. The van der Waals surface area contributed by atoms with Gasteiger partial charge in [-0.3, -0.25) is 9.59 Å². The van der Waals surface area contributed by atoms with Crippen LogP contribution in [-0.4, -0.2) is 37.9 Å². The average molecular weight is 292 g/mol. The van der Waals surface area contributed by atoms with E-state index in [1.165, 1.54) is 0 Å². The summed E-state index contributed by atoms with van der Waals surface area (Å²) in [6.07, 6.45) is -0.191. The van der Waals surface area contributed by atoms with E-state index < -0.39 is 11.9 Å². The van der Waals surface area contributed by atoms with Gasteiger partial charge in [0.2, 0.25) is 0 Å². The van der Waals surface area contributed by atoms with Crippen LogP contribution in [0.5, 0.6) is 0 Å². The van der Waals surface area contributed by atoms with E-state index in [9.17, 15) is 9.59 Å². The third-order valence-electron chi connectivity index (χ3n) is 3.33. The topological polar surface area (TPSA) is 61.8 Å². The number of Topliss-reactive ketones (excluding diaryl/α,β-unsaturated/α-hetero) is 1. The van der Waals surface area contributed by atoms with Gasteiger partial charge in [0.25, 0.3) is 0 Å². The average Bonchev–Trinajstić information content (AvgIpc) is 2.99. The van der Waals surface area contributed by atoms with Gasteiger partial charge in [-0.15, -0.1) is 0 Å². The number of carbonyl (C=O) groups excluding carboxylic acids is 2. The van der Waals surface area contributed by atoms with Crippen molar-refractivity contribution < 1.29 is 23.8 Å². The van der Waals surface area contributed by atoms with Gasteiger partial charge in [0, 0.05) is 12.3 Å². The monoisotopic (exact) mass is 292 g/mol. The third kappa shape index (κ3) is 4.65. The van der Waals surface area contributed by atoms with Gasteiger partial charge < -0.3 is 14.2 Å². The number of rotatable bonds is 7. The number of benzene rings is 1. The first-order valence-corrected chi connectivity index (χ1v) is 7.17. The summed E-state index contributed by atoms with van der Waals surface area (Å²) in [6.45, 7) is 3.07. The molecule has 2 rings (SSSR count). The van der Waals surface area contributed by atoms with Crippen molar-refractivity contribution in [3.05, 3.63) is 35.9 Å². The Bertz CT molecular complexity index is 465. The van der Waals surface area contributed by atoms with E-state index in [1.807, 2.05) is 30.3 Å². The lowest BCUT2D eigenvalue weighted by molar-refractivity contribution is -0.146. The molecule has 1 heterocycles. The summed E-state index contributed by atoms with van der Waals surface area (Å²) in [5.74, 6) is -1.07. The maximum absolute atomic E-state index is 12.4. The van der Waals surface area contributed by atoms with Crippen molar-refractivity contribution in [2.45, 2.75) is 32.0 Å². The number of carbonyl (C=O) groups is 2. The fraction of sp³-hybridized carbons (Fsp3) is 0.500. The maximum atomic E-state index is 12.4. The Labute approximate surface area is 124 Å². The molecular formula is C16H20O5. The molecule has 0 aromatic heterocycles. The SMILES string of the molecule is CCOC(=O)CC(=O)C(CC1OCCO1)c1ccccc1. The van der Waals surface area contributed by atoms with Crippen LogP contribution in [0.3, 0.4) is 0 Å². The second-order valence-corrected chi connectivity index (χ2v) is 4.82. The fourth-order valence-electron chi connectivity index (χ4n) is 2.35. The summed E-state index contributed by atoms with van der Waals surface area (Å²) in [6, 6.07) is 9.39. The van der Waals surface area contributed by atoms with E-state index in [2.05, 4.69) is 0 Å². The van der Waals surface area contributed by atoms with Gasteiger partial charge >= 0.3 is 5.97 Å². The standard InChI is InChI=1S/C16H20O5/c1-2-19-15(18)11-14(17)13(10-16-20-8-9-21-16)12-6-4-3-5-7-12/h3-7,13,16H,2,8-11H2,1H3. The zero-order chi connectivity index (χ0) is 15.1. The van der Waals surface area contributed by atoms with Crippen molar-refractivity contribution in [1.29, 1.82) is 0 Å². The summed E-state index contributed by atoms with van der Waals surface area (Å²) in [7, 11) is 0. The van der Waals surface area contributed by atoms with E-state index in [0.29, 0.717) is 19.6 Å². The van der Waals surface area contributed by atoms with Crippen molar-refractivity contribution in [2.24, 2.45) is 0 Å². The van der Waals surface area contributed by atoms with E-state index in [4.69, 9.17) is 14.2 Å². The molecule has 1 aliphatic heterocycles. The molecule has 1 aromatic rings. The molecule has 1 fully saturated rings. The second-order valence-electron chi connectivity index (χ2n) is 4.82. The quantitative estimate of drug-likeness (QED) is 0.568. The van der Waals surface area contributed by atoms with Gasteiger partial charge in [0.15, 0.2) is 12.1 Å². The Morgan fingerprint density at radius 1 is 1.24 bits per heavy atom. The highest BCUT2D eigenvalue weighted by Gasteiger charge is 2.29.